The second kappa shape index (κ2) is 13.3. The summed E-state index contributed by atoms with van der Waals surface area (Å²) in [5, 5.41) is 8.53. The Morgan fingerprint density at radius 2 is 1.51 bits per heavy atom. The SMILES string of the molecule is CCN1C(=O)N=NC1(CCCc1ccc(-c2cccc(NS(=O)(=O)Cc3ccccc3)n2)cc1)Cc1ccc(C(C)(C)C)cc1. The van der Waals surface area contributed by atoms with Crippen LogP contribution in [-0.4, -0.2) is 36.5 Å². The number of benzene rings is 3. The number of carbonyl (C=O) groups is 1. The Bertz CT molecular complexity index is 1750. The van der Waals surface area contributed by atoms with Crippen LogP contribution in [0.3, 0.4) is 0 Å². The standard InChI is InChI=1S/C36H41N5O3S/c1-5-41-34(42)38-40-36(41,25-28-18-22-31(23-19-28)35(2,3)4)24-10-13-27-16-20-30(21-17-27)32-14-9-15-33(37-32)39-45(43,44)26-29-11-7-6-8-12-29/h6-9,11-12,14-23H,5,10,13,24-26H2,1-4H3,(H,37,39). The van der Waals surface area contributed by atoms with Crippen LogP contribution in [-0.2, 0) is 34.0 Å². The molecular formula is C36H41N5O3S. The van der Waals surface area contributed by atoms with Gasteiger partial charge in [0, 0.05) is 18.5 Å². The molecule has 1 N–H and O–H groups in total. The summed E-state index contributed by atoms with van der Waals surface area (Å²) in [5.41, 5.74) is 5.24. The highest BCUT2D eigenvalue weighted by Gasteiger charge is 2.43. The van der Waals surface area contributed by atoms with Crippen LogP contribution in [0.2, 0.25) is 0 Å². The minimum absolute atomic E-state index is 0.0726. The van der Waals surface area contributed by atoms with Crippen LogP contribution >= 0.6 is 0 Å². The number of hydrogen-bond acceptors (Lipinski definition) is 5. The lowest BCUT2D eigenvalue weighted by Gasteiger charge is -2.34. The number of nitrogens with zero attached hydrogens (tertiary/aromatic N) is 4. The van der Waals surface area contributed by atoms with Crippen molar-refractivity contribution in [1.29, 1.82) is 0 Å². The Balaban J connectivity index is 1.23. The van der Waals surface area contributed by atoms with Crippen molar-refractivity contribution in [3.8, 4) is 11.3 Å². The van der Waals surface area contributed by atoms with Gasteiger partial charge in [0.05, 0.1) is 11.4 Å². The van der Waals surface area contributed by atoms with Gasteiger partial charge in [-0.3, -0.25) is 9.62 Å². The van der Waals surface area contributed by atoms with E-state index in [0.717, 1.165) is 29.5 Å². The third-order valence-corrected chi connectivity index (χ3v) is 9.41. The molecule has 234 valence electrons. The van der Waals surface area contributed by atoms with E-state index in [-0.39, 0.29) is 23.0 Å². The number of rotatable bonds is 12. The molecule has 0 spiro atoms. The van der Waals surface area contributed by atoms with Gasteiger partial charge in [-0.05, 0) is 66.0 Å². The van der Waals surface area contributed by atoms with Gasteiger partial charge in [-0.2, -0.15) is 5.11 Å². The minimum atomic E-state index is -3.60. The van der Waals surface area contributed by atoms with E-state index in [0.29, 0.717) is 30.6 Å². The number of hydrogen-bond donors (Lipinski definition) is 1. The lowest BCUT2D eigenvalue weighted by molar-refractivity contribution is 0.138. The molecule has 8 nitrogen and oxygen atoms in total. The summed E-state index contributed by atoms with van der Waals surface area (Å²) in [5.74, 6) is 0.164. The molecule has 45 heavy (non-hydrogen) atoms. The molecule has 0 radical (unpaired) electrons. The second-order valence-corrected chi connectivity index (χ2v) is 14.4. The van der Waals surface area contributed by atoms with Crippen LogP contribution in [0.15, 0.2) is 107 Å². The Labute approximate surface area is 266 Å². The number of pyridine rings is 1. The fraction of sp³-hybridized carbons (Fsp3) is 0.333. The molecular weight excluding hydrogens is 582 g/mol. The van der Waals surface area contributed by atoms with Gasteiger partial charge in [0.15, 0.2) is 5.66 Å². The number of aryl methyl sites for hydroxylation is 1. The fourth-order valence-corrected chi connectivity index (χ4v) is 6.90. The van der Waals surface area contributed by atoms with Crippen LogP contribution in [0.1, 0.15) is 62.8 Å². The maximum absolute atomic E-state index is 12.7. The second-order valence-electron chi connectivity index (χ2n) is 12.6. The maximum atomic E-state index is 12.7. The zero-order valence-corrected chi connectivity index (χ0v) is 27.2. The molecule has 4 aromatic rings. The number of azo groups is 1. The first-order chi connectivity index (χ1) is 21.5. The largest absolute Gasteiger partial charge is 0.363 e. The van der Waals surface area contributed by atoms with Crippen LogP contribution in [0.5, 0.6) is 0 Å². The molecule has 1 unspecified atom stereocenters. The average molecular weight is 624 g/mol. The Kier molecular flexibility index (Phi) is 9.48. The van der Waals surface area contributed by atoms with Crippen molar-refractivity contribution in [2.45, 2.75) is 70.2 Å². The maximum Gasteiger partial charge on any atom is 0.363 e. The predicted octanol–water partition coefficient (Wildman–Crippen LogP) is 8.16. The van der Waals surface area contributed by atoms with Gasteiger partial charge in [-0.1, -0.05) is 111 Å². The number of amides is 2. The molecule has 3 aromatic carbocycles. The Hall–Kier alpha value is -4.37. The van der Waals surface area contributed by atoms with E-state index in [1.54, 1.807) is 29.2 Å². The van der Waals surface area contributed by atoms with Gasteiger partial charge < -0.3 is 0 Å². The van der Waals surface area contributed by atoms with E-state index in [9.17, 15) is 13.2 Å². The molecule has 5 rings (SSSR count). The smallest absolute Gasteiger partial charge is 0.295 e. The lowest BCUT2D eigenvalue weighted by atomic mass is 9.85. The average Bonchev–Trinajstić information content (AvgIpc) is 3.31. The summed E-state index contributed by atoms with van der Waals surface area (Å²) in [6.45, 7) is 9.12. The highest BCUT2D eigenvalue weighted by Crippen LogP contribution is 2.35. The summed E-state index contributed by atoms with van der Waals surface area (Å²) < 4.78 is 28.0. The first kappa shape index (κ1) is 32.0. The van der Waals surface area contributed by atoms with E-state index in [2.05, 4.69) is 77.1 Å². The summed E-state index contributed by atoms with van der Waals surface area (Å²) in [7, 11) is -3.60. The summed E-state index contributed by atoms with van der Waals surface area (Å²) >= 11 is 0. The third kappa shape index (κ3) is 8.02. The van der Waals surface area contributed by atoms with Gasteiger partial charge in [0.1, 0.15) is 5.82 Å². The minimum Gasteiger partial charge on any atom is -0.295 e. The first-order valence-corrected chi connectivity index (χ1v) is 17.1. The van der Waals surface area contributed by atoms with Gasteiger partial charge >= 0.3 is 6.03 Å². The van der Waals surface area contributed by atoms with Crippen molar-refractivity contribution < 1.29 is 13.2 Å². The number of urea groups is 1. The number of anilines is 1. The van der Waals surface area contributed by atoms with Crippen molar-refractivity contribution in [1.82, 2.24) is 9.88 Å². The van der Waals surface area contributed by atoms with Crippen molar-refractivity contribution >= 4 is 21.9 Å². The summed E-state index contributed by atoms with van der Waals surface area (Å²) in [6, 6.07) is 30.9. The number of nitrogens with one attached hydrogen (secondary N) is 1. The predicted molar refractivity (Wildman–Crippen MR) is 180 cm³/mol. The first-order valence-electron chi connectivity index (χ1n) is 15.4. The van der Waals surface area contributed by atoms with Gasteiger partial charge in [-0.25, -0.2) is 18.2 Å². The zero-order valence-electron chi connectivity index (χ0n) is 26.4. The van der Waals surface area contributed by atoms with E-state index >= 15 is 0 Å². The summed E-state index contributed by atoms with van der Waals surface area (Å²) in [6.07, 6.45) is 2.97. The monoisotopic (exact) mass is 623 g/mol. The van der Waals surface area contributed by atoms with Crippen molar-refractivity contribution in [3.05, 3.63) is 119 Å². The molecule has 0 fully saturated rings. The fourth-order valence-electron chi connectivity index (χ4n) is 5.76. The Morgan fingerprint density at radius 3 is 2.18 bits per heavy atom. The van der Waals surface area contributed by atoms with Crippen molar-refractivity contribution in [2.24, 2.45) is 10.2 Å². The molecule has 1 aliphatic rings. The van der Waals surface area contributed by atoms with Gasteiger partial charge in [0.25, 0.3) is 0 Å². The zero-order chi connectivity index (χ0) is 32.1. The number of aromatic nitrogens is 1. The van der Waals surface area contributed by atoms with Gasteiger partial charge in [-0.15, -0.1) is 0 Å². The molecule has 0 bridgehead atoms. The summed E-state index contributed by atoms with van der Waals surface area (Å²) in [4.78, 5) is 19.0. The highest BCUT2D eigenvalue weighted by molar-refractivity contribution is 7.91. The van der Waals surface area contributed by atoms with Crippen LogP contribution in [0.4, 0.5) is 10.6 Å². The highest BCUT2D eigenvalue weighted by atomic mass is 32.2. The van der Waals surface area contributed by atoms with Crippen LogP contribution < -0.4 is 4.72 Å². The number of carbonyl (C=O) groups excluding carboxylic acids is 1. The van der Waals surface area contributed by atoms with Crippen molar-refractivity contribution in [2.75, 3.05) is 11.3 Å². The number of likely N-dealkylation sites (N-methyl/N-ethyl adjacent to an activating group) is 1. The quantitative estimate of drug-likeness (QED) is 0.172. The lowest BCUT2D eigenvalue weighted by Crippen LogP contribution is -2.47. The molecule has 1 aliphatic heterocycles. The molecule has 0 aliphatic carbocycles. The van der Waals surface area contributed by atoms with E-state index in [1.807, 2.05) is 43.3 Å². The van der Waals surface area contributed by atoms with E-state index in [4.69, 9.17) is 0 Å². The van der Waals surface area contributed by atoms with Crippen LogP contribution in [0, 0.1) is 0 Å². The molecule has 0 saturated carbocycles. The molecule has 2 heterocycles. The number of sulfonamides is 1. The van der Waals surface area contributed by atoms with Crippen molar-refractivity contribution in [3.63, 3.8) is 0 Å². The normalized spacial score (nSPS) is 16.7. The van der Waals surface area contributed by atoms with Crippen LogP contribution in [0.25, 0.3) is 11.3 Å². The van der Waals surface area contributed by atoms with E-state index in [1.165, 1.54) is 5.56 Å². The van der Waals surface area contributed by atoms with Gasteiger partial charge in [0.2, 0.25) is 10.0 Å². The molecule has 1 aromatic heterocycles. The third-order valence-electron chi connectivity index (χ3n) is 8.18. The topological polar surface area (TPSA) is 104 Å². The molecule has 0 saturated heterocycles. The molecule has 1 atom stereocenters. The molecule has 9 heteroatoms. The van der Waals surface area contributed by atoms with E-state index < -0.39 is 15.7 Å². The molecule has 2 amide bonds. The Morgan fingerprint density at radius 1 is 0.822 bits per heavy atom.